The fourth-order valence-corrected chi connectivity index (χ4v) is 0.698. The van der Waals surface area contributed by atoms with Crippen molar-refractivity contribution < 1.29 is 9.53 Å². The Labute approximate surface area is 85.8 Å². The lowest BCUT2D eigenvalue weighted by molar-refractivity contribution is 0.138. The number of nitrogens with zero attached hydrogens (tertiary/aromatic N) is 2. The van der Waals surface area contributed by atoms with Gasteiger partial charge in [-0.25, -0.2) is 4.79 Å². The van der Waals surface area contributed by atoms with Gasteiger partial charge in [0.25, 0.3) is 0 Å². The molecule has 0 spiro atoms. The van der Waals surface area contributed by atoms with Gasteiger partial charge in [-0.3, -0.25) is 4.90 Å². The van der Waals surface area contributed by atoms with Gasteiger partial charge < -0.3 is 9.64 Å². The van der Waals surface area contributed by atoms with E-state index in [0.717, 1.165) is 13.1 Å². The monoisotopic (exact) mass is 198 g/mol. The molecule has 14 heavy (non-hydrogen) atoms. The van der Waals surface area contributed by atoms with E-state index in [-0.39, 0.29) is 6.09 Å². The highest BCUT2D eigenvalue weighted by molar-refractivity contribution is 5.67. The van der Waals surface area contributed by atoms with Crippen molar-refractivity contribution in [3.8, 4) is 11.8 Å². The summed E-state index contributed by atoms with van der Waals surface area (Å²) in [4.78, 5) is 14.4. The third kappa shape index (κ3) is 5.44. The van der Waals surface area contributed by atoms with E-state index in [1.165, 1.54) is 12.0 Å². The standard InChI is InChI=1S/C10H18N2O2/c1-5-11(2)8-6-7-9-12(3)10(13)14-4/h5,8-9H2,1-4H3. The molecule has 0 rings (SSSR count). The molecule has 4 heteroatoms. The quantitative estimate of drug-likeness (QED) is 0.624. The van der Waals surface area contributed by atoms with Gasteiger partial charge in [0.1, 0.15) is 0 Å². The SMILES string of the molecule is CCN(C)CC#CCN(C)C(=O)OC. The number of hydrogen-bond acceptors (Lipinski definition) is 3. The second-order valence-electron chi connectivity index (χ2n) is 3.01. The minimum absolute atomic E-state index is 0.358. The van der Waals surface area contributed by atoms with Crippen molar-refractivity contribution >= 4 is 6.09 Å². The van der Waals surface area contributed by atoms with Gasteiger partial charge in [-0.1, -0.05) is 18.8 Å². The van der Waals surface area contributed by atoms with Crippen LogP contribution >= 0.6 is 0 Å². The Bertz CT molecular complexity index is 230. The molecule has 0 saturated carbocycles. The van der Waals surface area contributed by atoms with E-state index in [0.29, 0.717) is 6.54 Å². The number of rotatable bonds is 3. The summed E-state index contributed by atoms with van der Waals surface area (Å²) in [5.41, 5.74) is 0. The van der Waals surface area contributed by atoms with Crippen LogP contribution in [0.3, 0.4) is 0 Å². The van der Waals surface area contributed by atoms with Crippen molar-refractivity contribution in [3.63, 3.8) is 0 Å². The zero-order chi connectivity index (χ0) is 11.0. The zero-order valence-corrected chi connectivity index (χ0v) is 9.33. The van der Waals surface area contributed by atoms with Crippen LogP contribution in [0.4, 0.5) is 4.79 Å². The number of methoxy groups -OCH3 is 1. The highest BCUT2D eigenvalue weighted by Crippen LogP contribution is 1.85. The van der Waals surface area contributed by atoms with Crippen LogP contribution in [0, 0.1) is 11.8 Å². The van der Waals surface area contributed by atoms with Crippen LogP contribution in [0.1, 0.15) is 6.92 Å². The first-order valence-corrected chi connectivity index (χ1v) is 4.55. The smallest absolute Gasteiger partial charge is 0.410 e. The topological polar surface area (TPSA) is 32.8 Å². The first-order valence-electron chi connectivity index (χ1n) is 4.55. The molecular formula is C10H18N2O2. The van der Waals surface area contributed by atoms with Crippen molar-refractivity contribution in [1.29, 1.82) is 0 Å². The molecule has 80 valence electrons. The van der Waals surface area contributed by atoms with E-state index in [9.17, 15) is 4.79 Å². The fraction of sp³-hybridized carbons (Fsp3) is 0.700. The normalized spacial score (nSPS) is 9.21. The number of carbonyl (C=O) groups excluding carboxylic acids is 1. The van der Waals surface area contributed by atoms with E-state index in [1.807, 2.05) is 7.05 Å². The van der Waals surface area contributed by atoms with Crippen LogP contribution < -0.4 is 0 Å². The lowest BCUT2D eigenvalue weighted by Crippen LogP contribution is -2.26. The largest absolute Gasteiger partial charge is 0.453 e. The van der Waals surface area contributed by atoms with E-state index in [2.05, 4.69) is 28.4 Å². The first-order chi connectivity index (χ1) is 6.61. The van der Waals surface area contributed by atoms with Gasteiger partial charge in [0.15, 0.2) is 0 Å². The van der Waals surface area contributed by atoms with Gasteiger partial charge in [0.05, 0.1) is 20.2 Å². The van der Waals surface area contributed by atoms with E-state index in [1.54, 1.807) is 7.05 Å². The Hall–Kier alpha value is -1.21. The second-order valence-corrected chi connectivity index (χ2v) is 3.01. The van der Waals surface area contributed by atoms with Crippen LogP contribution in [0.2, 0.25) is 0 Å². The van der Waals surface area contributed by atoms with Crippen molar-refractivity contribution in [2.24, 2.45) is 0 Å². The predicted octanol–water partition coefficient (Wildman–Crippen LogP) is 0.640. The summed E-state index contributed by atoms with van der Waals surface area (Å²) >= 11 is 0. The molecule has 0 bridgehead atoms. The molecule has 0 aliphatic heterocycles. The van der Waals surface area contributed by atoms with E-state index in [4.69, 9.17) is 0 Å². The Morgan fingerprint density at radius 2 is 1.86 bits per heavy atom. The van der Waals surface area contributed by atoms with Crippen molar-refractivity contribution in [2.75, 3.05) is 40.8 Å². The van der Waals surface area contributed by atoms with Gasteiger partial charge in [-0.15, -0.1) is 0 Å². The van der Waals surface area contributed by atoms with Gasteiger partial charge in [0, 0.05) is 7.05 Å². The number of hydrogen-bond donors (Lipinski definition) is 0. The molecule has 0 atom stereocenters. The van der Waals surface area contributed by atoms with Crippen molar-refractivity contribution in [2.45, 2.75) is 6.92 Å². The van der Waals surface area contributed by atoms with Crippen LogP contribution in [0.25, 0.3) is 0 Å². The third-order valence-electron chi connectivity index (χ3n) is 1.82. The van der Waals surface area contributed by atoms with Crippen LogP contribution in [0.5, 0.6) is 0 Å². The molecule has 4 nitrogen and oxygen atoms in total. The molecular weight excluding hydrogens is 180 g/mol. The summed E-state index contributed by atoms with van der Waals surface area (Å²) in [6, 6.07) is 0. The maximum atomic E-state index is 10.9. The Morgan fingerprint density at radius 1 is 1.29 bits per heavy atom. The molecule has 0 aliphatic carbocycles. The average Bonchev–Trinajstić information content (AvgIpc) is 2.22. The van der Waals surface area contributed by atoms with Gasteiger partial charge in [0.2, 0.25) is 0 Å². The molecule has 0 N–H and O–H groups in total. The summed E-state index contributed by atoms with van der Waals surface area (Å²) < 4.78 is 4.52. The van der Waals surface area contributed by atoms with E-state index >= 15 is 0 Å². The van der Waals surface area contributed by atoms with Crippen molar-refractivity contribution in [3.05, 3.63) is 0 Å². The summed E-state index contributed by atoms with van der Waals surface area (Å²) in [5, 5.41) is 0. The summed E-state index contributed by atoms with van der Waals surface area (Å²) in [7, 11) is 5.01. The van der Waals surface area contributed by atoms with Crippen LogP contribution in [0.15, 0.2) is 0 Å². The Morgan fingerprint density at radius 3 is 2.36 bits per heavy atom. The highest BCUT2D eigenvalue weighted by Gasteiger charge is 2.04. The molecule has 0 fully saturated rings. The molecule has 0 heterocycles. The number of carbonyl (C=O) groups is 1. The minimum atomic E-state index is -0.358. The first kappa shape index (κ1) is 12.8. The molecule has 0 saturated heterocycles. The molecule has 1 amide bonds. The summed E-state index contributed by atoms with van der Waals surface area (Å²) in [6.45, 7) is 4.18. The van der Waals surface area contributed by atoms with E-state index < -0.39 is 0 Å². The van der Waals surface area contributed by atoms with Crippen molar-refractivity contribution in [1.82, 2.24) is 9.80 Å². The number of ether oxygens (including phenoxy) is 1. The minimum Gasteiger partial charge on any atom is -0.453 e. The number of amides is 1. The van der Waals surface area contributed by atoms with Gasteiger partial charge >= 0.3 is 6.09 Å². The lowest BCUT2D eigenvalue weighted by Gasteiger charge is -2.11. The Balaban J connectivity index is 3.75. The molecule has 0 aromatic rings. The fourth-order valence-electron chi connectivity index (χ4n) is 0.698. The van der Waals surface area contributed by atoms with Crippen LogP contribution in [-0.4, -0.2) is 56.7 Å². The Kier molecular flexibility index (Phi) is 6.59. The predicted molar refractivity (Wildman–Crippen MR) is 56.0 cm³/mol. The van der Waals surface area contributed by atoms with Gasteiger partial charge in [-0.05, 0) is 13.6 Å². The third-order valence-corrected chi connectivity index (χ3v) is 1.82. The van der Waals surface area contributed by atoms with Gasteiger partial charge in [-0.2, -0.15) is 0 Å². The molecule has 0 aromatic heterocycles. The maximum absolute atomic E-state index is 10.9. The average molecular weight is 198 g/mol. The summed E-state index contributed by atoms with van der Waals surface area (Å²) in [5.74, 6) is 5.87. The molecule has 0 unspecified atom stereocenters. The molecule has 0 radical (unpaired) electrons. The zero-order valence-electron chi connectivity index (χ0n) is 9.33. The molecule has 0 aliphatic rings. The maximum Gasteiger partial charge on any atom is 0.410 e. The highest BCUT2D eigenvalue weighted by atomic mass is 16.5. The second kappa shape index (κ2) is 7.22. The lowest BCUT2D eigenvalue weighted by atomic mass is 10.5. The summed E-state index contributed by atoms with van der Waals surface area (Å²) in [6.07, 6.45) is -0.358. The molecule has 0 aromatic carbocycles. The van der Waals surface area contributed by atoms with Crippen LogP contribution in [-0.2, 0) is 4.74 Å².